The molecule has 0 saturated carbocycles. The molecule has 0 atom stereocenters. The highest BCUT2D eigenvalue weighted by Crippen LogP contribution is 2.31. The summed E-state index contributed by atoms with van der Waals surface area (Å²) in [4.78, 5) is 0. The molecule has 0 aliphatic carbocycles. The molecule has 102 valence electrons. The van der Waals surface area contributed by atoms with E-state index in [4.69, 9.17) is 4.74 Å². The molecule has 0 amide bonds. The average Bonchev–Trinajstić information content (AvgIpc) is 2.87. The molecule has 1 aromatic carbocycles. The molecular formula is C14H19N3O2. The minimum atomic E-state index is -0.125. The Morgan fingerprint density at radius 2 is 2.11 bits per heavy atom. The summed E-state index contributed by atoms with van der Waals surface area (Å²) in [7, 11) is 1.64. The van der Waals surface area contributed by atoms with E-state index in [2.05, 4.69) is 17.2 Å². The minimum absolute atomic E-state index is 0.125. The molecule has 5 heteroatoms. The van der Waals surface area contributed by atoms with Gasteiger partial charge in [-0.2, -0.15) is 0 Å². The molecule has 0 bridgehead atoms. The number of ether oxygens (including phenoxy) is 1. The van der Waals surface area contributed by atoms with E-state index in [0.717, 1.165) is 36.4 Å². The number of unbranched alkanes of at least 4 members (excludes halogenated alkanes) is 1. The highest BCUT2D eigenvalue weighted by molar-refractivity contribution is 5.69. The molecule has 19 heavy (non-hydrogen) atoms. The Labute approximate surface area is 112 Å². The fraction of sp³-hybridized carbons (Fsp3) is 0.429. The summed E-state index contributed by atoms with van der Waals surface area (Å²) in [6.07, 6.45) is 2.11. The number of aliphatic hydroxyl groups excluding tert-OH is 1. The lowest BCUT2D eigenvalue weighted by atomic mass is 10.1. The van der Waals surface area contributed by atoms with Crippen molar-refractivity contribution in [3.05, 3.63) is 30.0 Å². The van der Waals surface area contributed by atoms with Gasteiger partial charge in [0.15, 0.2) is 0 Å². The highest BCUT2D eigenvalue weighted by Gasteiger charge is 2.17. The lowest BCUT2D eigenvalue weighted by Gasteiger charge is -2.11. The van der Waals surface area contributed by atoms with Crippen molar-refractivity contribution >= 4 is 0 Å². The summed E-state index contributed by atoms with van der Waals surface area (Å²) in [6.45, 7) is 2.79. The van der Waals surface area contributed by atoms with Crippen LogP contribution in [0.15, 0.2) is 24.3 Å². The predicted molar refractivity (Wildman–Crippen MR) is 72.8 cm³/mol. The van der Waals surface area contributed by atoms with Crippen molar-refractivity contribution in [2.45, 2.75) is 32.9 Å². The first-order valence-electron chi connectivity index (χ1n) is 6.48. The Kier molecular flexibility index (Phi) is 4.52. The van der Waals surface area contributed by atoms with Crippen molar-refractivity contribution in [3.8, 4) is 17.0 Å². The van der Waals surface area contributed by atoms with Crippen LogP contribution in [0.3, 0.4) is 0 Å². The van der Waals surface area contributed by atoms with Crippen molar-refractivity contribution in [3.63, 3.8) is 0 Å². The third kappa shape index (κ3) is 2.76. The number of aliphatic hydroxyl groups is 1. The van der Waals surface area contributed by atoms with E-state index < -0.39 is 0 Å². The van der Waals surface area contributed by atoms with Crippen LogP contribution < -0.4 is 4.74 Å². The predicted octanol–water partition coefficient (Wildman–Crippen LogP) is 2.25. The number of hydrogen-bond donors (Lipinski definition) is 1. The van der Waals surface area contributed by atoms with Gasteiger partial charge >= 0.3 is 0 Å². The number of para-hydroxylation sites is 1. The number of hydrogen-bond acceptors (Lipinski definition) is 4. The van der Waals surface area contributed by atoms with Gasteiger partial charge in [0.05, 0.1) is 19.4 Å². The van der Waals surface area contributed by atoms with Crippen molar-refractivity contribution in [2.75, 3.05) is 7.11 Å². The number of aromatic nitrogens is 3. The van der Waals surface area contributed by atoms with Crippen LogP contribution in [0.5, 0.6) is 5.75 Å². The van der Waals surface area contributed by atoms with Gasteiger partial charge in [0.2, 0.25) is 0 Å². The number of rotatable bonds is 6. The maximum atomic E-state index is 9.43. The van der Waals surface area contributed by atoms with E-state index in [0.29, 0.717) is 5.69 Å². The van der Waals surface area contributed by atoms with E-state index in [1.54, 1.807) is 7.11 Å². The van der Waals surface area contributed by atoms with Crippen molar-refractivity contribution in [2.24, 2.45) is 0 Å². The average molecular weight is 261 g/mol. The summed E-state index contributed by atoms with van der Waals surface area (Å²) < 4.78 is 7.22. The second kappa shape index (κ2) is 6.33. The molecule has 0 fully saturated rings. The molecule has 0 spiro atoms. The molecule has 0 unspecified atom stereocenters. The van der Waals surface area contributed by atoms with E-state index in [1.165, 1.54) is 0 Å². The number of benzene rings is 1. The smallest absolute Gasteiger partial charge is 0.128 e. The summed E-state index contributed by atoms with van der Waals surface area (Å²) in [5, 5.41) is 17.6. The monoisotopic (exact) mass is 261 g/mol. The summed E-state index contributed by atoms with van der Waals surface area (Å²) in [5.74, 6) is 0.761. The zero-order valence-electron chi connectivity index (χ0n) is 11.3. The third-order valence-electron chi connectivity index (χ3n) is 3.04. The molecule has 1 heterocycles. The first kappa shape index (κ1) is 13.5. The van der Waals surface area contributed by atoms with Crippen LogP contribution in [0.1, 0.15) is 25.5 Å². The molecule has 0 radical (unpaired) electrons. The Hall–Kier alpha value is -1.88. The summed E-state index contributed by atoms with van der Waals surface area (Å²) in [5.41, 5.74) is 2.34. The second-order valence-corrected chi connectivity index (χ2v) is 4.32. The van der Waals surface area contributed by atoms with Crippen LogP contribution in [0, 0.1) is 0 Å². The summed E-state index contributed by atoms with van der Waals surface area (Å²) in [6, 6.07) is 7.71. The maximum absolute atomic E-state index is 9.43. The molecule has 0 aliphatic rings. The molecule has 2 aromatic rings. The summed E-state index contributed by atoms with van der Waals surface area (Å²) >= 11 is 0. The lowest BCUT2D eigenvalue weighted by Crippen LogP contribution is -2.04. The molecule has 0 aliphatic heterocycles. The first-order valence-corrected chi connectivity index (χ1v) is 6.48. The van der Waals surface area contributed by atoms with Crippen LogP contribution in [0.25, 0.3) is 11.3 Å². The number of methoxy groups -OCH3 is 1. The van der Waals surface area contributed by atoms with E-state index >= 15 is 0 Å². The van der Waals surface area contributed by atoms with Crippen molar-refractivity contribution in [1.82, 2.24) is 15.0 Å². The molecular weight excluding hydrogens is 242 g/mol. The molecule has 1 N–H and O–H groups in total. The molecule has 0 saturated heterocycles. The first-order chi connectivity index (χ1) is 9.31. The zero-order valence-corrected chi connectivity index (χ0v) is 11.3. The van der Waals surface area contributed by atoms with Gasteiger partial charge in [-0.3, -0.25) is 0 Å². The minimum Gasteiger partial charge on any atom is -0.496 e. The Bertz CT molecular complexity index is 537. The highest BCUT2D eigenvalue weighted by atomic mass is 16.5. The Balaban J connectivity index is 2.49. The van der Waals surface area contributed by atoms with Gasteiger partial charge in [0.25, 0.3) is 0 Å². The quantitative estimate of drug-likeness (QED) is 0.866. The normalized spacial score (nSPS) is 10.7. The number of aryl methyl sites for hydroxylation is 1. The topological polar surface area (TPSA) is 60.2 Å². The standard InChI is InChI=1S/C14H19N3O2/c1-3-4-9-17-14(12(10-18)15-16-17)11-7-5-6-8-13(11)19-2/h5-8,18H,3-4,9-10H2,1-2H3. The lowest BCUT2D eigenvalue weighted by molar-refractivity contribution is 0.277. The van der Waals surface area contributed by atoms with Crippen molar-refractivity contribution < 1.29 is 9.84 Å². The van der Waals surface area contributed by atoms with Gasteiger partial charge in [-0.1, -0.05) is 30.7 Å². The van der Waals surface area contributed by atoms with Gasteiger partial charge in [-0.15, -0.1) is 5.10 Å². The Morgan fingerprint density at radius 3 is 2.79 bits per heavy atom. The van der Waals surface area contributed by atoms with Crippen molar-refractivity contribution in [1.29, 1.82) is 0 Å². The van der Waals surface area contributed by atoms with E-state index in [-0.39, 0.29) is 6.61 Å². The molecule has 1 aromatic heterocycles. The SMILES string of the molecule is CCCCn1nnc(CO)c1-c1ccccc1OC. The fourth-order valence-electron chi connectivity index (χ4n) is 2.05. The van der Waals surface area contributed by atoms with Gasteiger partial charge in [0.1, 0.15) is 11.4 Å². The zero-order chi connectivity index (χ0) is 13.7. The van der Waals surface area contributed by atoms with Crippen LogP contribution in [-0.4, -0.2) is 27.2 Å². The Morgan fingerprint density at radius 1 is 1.32 bits per heavy atom. The molecule has 2 rings (SSSR count). The van der Waals surface area contributed by atoms with Gasteiger partial charge < -0.3 is 9.84 Å². The van der Waals surface area contributed by atoms with Gasteiger partial charge in [0, 0.05) is 12.1 Å². The van der Waals surface area contributed by atoms with Gasteiger partial charge in [-0.25, -0.2) is 4.68 Å². The third-order valence-corrected chi connectivity index (χ3v) is 3.04. The number of nitrogens with zero attached hydrogens (tertiary/aromatic N) is 3. The second-order valence-electron chi connectivity index (χ2n) is 4.32. The maximum Gasteiger partial charge on any atom is 0.128 e. The van der Waals surface area contributed by atoms with Crippen LogP contribution in [0.2, 0.25) is 0 Å². The van der Waals surface area contributed by atoms with Crippen LogP contribution in [0.4, 0.5) is 0 Å². The van der Waals surface area contributed by atoms with E-state index in [1.807, 2.05) is 28.9 Å². The fourth-order valence-corrected chi connectivity index (χ4v) is 2.05. The van der Waals surface area contributed by atoms with Crippen LogP contribution in [-0.2, 0) is 13.2 Å². The largest absolute Gasteiger partial charge is 0.496 e. The van der Waals surface area contributed by atoms with Gasteiger partial charge in [-0.05, 0) is 18.6 Å². The van der Waals surface area contributed by atoms with Crippen LogP contribution >= 0.6 is 0 Å². The van der Waals surface area contributed by atoms with E-state index in [9.17, 15) is 5.11 Å². The molecule has 5 nitrogen and oxygen atoms in total.